The van der Waals surface area contributed by atoms with Crippen molar-refractivity contribution in [3.8, 4) is 0 Å². The van der Waals surface area contributed by atoms with Crippen LogP contribution in [0.15, 0.2) is 24.3 Å². The van der Waals surface area contributed by atoms with Gasteiger partial charge >= 0.3 is 0 Å². The molecule has 1 heterocycles. The van der Waals surface area contributed by atoms with Gasteiger partial charge in [0.15, 0.2) is 5.78 Å². The Morgan fingerprint density at radius 3 is 2.95 bits per heavy atom. The molecule has 1 saturated heterocycles. The van der Waals surface area contributed by atoms with Crippen LogP contribution in [0.5, 0.6) is 0 Å². The first kappa shape index (κ1) is 15.5. The number of Topliss-reactive ketones (excluding diaryl/α,β-unsaturated/α-hetero) is 1. The van der Waals surface area contributed by atoms with Crippen molar-refractivity contribution < 1.29 is 9.90 Å². The Labute approximate surface area is 125 Å². The summed E-state index contributed by atoms with van der Waals surface area (Å²) in [7, 11) is 0. The SMILES string of the molecule is O=C(CCN1CCCC1CCCO)c1ccccc1Cl. The second-order valence-electron chi connectivity index (χ2n) is 5.35. The minimum atomic E-state index is 0.114. The van der Waals surface area contributed by atoms with Crippen molar-refractivity contribution in [1.82, 2.24) is 4.90 Å². The fourth-order valence-corrected chi connectivity index (χ4v) is 3.15. The number of halogens is 1. The standard InChI is InChI=1S/C16H22ClNO2/c17-15-8-2-1-7-14(15)16(20)9-11-18-10-3-5-13(18)6-4-12-19/h1-2,7-8,13,19H,3-6,9-12H2. The molecular weight excluding hydrogens is 274 g/mol. The van der Waals surface area contributed by atoms with E-state index in [0.29, 0.717) is 23.0 Å². The van der Waals surface area contributed by atoms with Crippen LogP contribution in [0, 0.1) is 0 Å². The first-order chi connectivity index (χ1) is 9.72. The zero-order valence-electron chi connectivity index (χ0n) is 11.7. The van der Waals surface area contributed by atoms with Crippen LogP contribution in [-0.4, -0.2) is 41.5 Å². The van der Waals surface area contributed by atoms with Crippen LogP contribution in [0.25, 0.3) is 0 Å². The fourth-order valence-electron chi connectivity index (χ4n) is 2.91. The average Bonchev–Trinajstić information content (AvgIpc) is 2.90. The number of aliphatic hydroxyl groups is 1. The Balaban J connectivity index is 1.85. The van der Waals surface area contributed by atoms with Crippen molar-refractivity contribution in [2.45, 2.75) is 38.1 Å². The summed E-state index contributed by atoms with van der Waals surface area (Å²) in [5.41, 5.74) is 0.625. The summed E-state index contributed by atoms with van der Waals surface area (Å²) in [5, 5.41) is 9.46. The van der Waals surface area contributed by atoms with Gasteiger partial charge in [0.25, 0.3) is 0 Å². The molecule has 0 aliphatic carbocycles. The number of benzene rings is 1. The summed E-state index contributed by atoms with van der Waals surface area (Å²) in [5.74, 6) is 0.114. The molecule has 4 heteroatoms. The average molecular weight is 296 g/mol. The quantitative estimate of drug-likeness (QED) is 0.786. The van der Waals surface area contributed by atoms with Gasteiger partial charge in [-0.3, -0.25) is 9.69 Å². The summed E-state index contributed by atoms with van der Waals surface area (Å²) in [4.78, 5) is 14.6. The molecule has 1 aliphatic heterocycles. The lowest BCUT2D eigenvalue weighted by Gasteiger charge is -2.23. The Kier molecular flexibility index (Phi) is 6.02. The first-order valence-corrected chi connectivity index (χ1v) is 7.73. The van der Waals surface area contributed by atoms with E-state index in [2.05, 4.69) is 4.90 Å². The minimum Gasteiger partial charge on any atom is -0.396 e. The number of carbonyl (C=O) groups is 1. The van der Waals surface area contributed by atoms with Crippen molar-refractivity contribution in [3.63, 3.8) is 0 Å². The van der Waals surface area contributed by atoms with Crippen molar-refractivity contribution in [2.24, 2.45) is 0 Å². The molecule has 1 atom stereocenters. The molecule has 1 unspecified atom stereocenters. The fraction of sp³-hybridized carbons (Fsp3) is 0.562. The predicted molar refractivity (Wildman–Crippen MR) is 81.3 cm³/mol. The van der Waals surface area contributed by atoms with Gasteiger partial charge in [0.2, 0.25) is 0 Å². The van der Waals surface area contributed by atoms with Gasteiger partial charge in [0.1, 0.15) is 0 Å². The number of hydrogen-bond acceptors (Lipinski definition) is 3. The van der Waals surface area contributed by atoms with Crippen LogP contribution < -0.4 is 0 Å². The molecule has 0 spiro atoms. The maximum absolute atomic E-state index is 12.2. The molecular formula is C16H22ClNO2. The Morgan fingerprint density at radius 2 is 2.20 bits per heavy atom. The number of hydrogen-bond donors (Lipinski definition) is 1. The summed E-state index contributed by atoms with van der Waals surface area (Å²) in [6.45, 7) is 2.11. The van der Waals surface area contributed by atoms with E-state index in [0.717, 1.165) is 25.9 Å². The zero-order valence-corrected chi connectivity index (χ0v) is 12.5. The monoisotopic (exact) mass is 295 g/mol. The largest absolute Gasteiger partial charge is 0.396 e. The van der Waals surface area contributed by atoms with Crippen molar-refractivity contribution in [3.05, 3.63) is 34.9 Å². The maximum atomic E-state index is 12.2. The van der Waals surface area contributed by atoms with Gasteiger partial charge in [0.05, 0.1) is 5.02 Å². The third kappa shape index (κ3) is 4.05. The molecule has 1 aliphatic rings. The number of carbonyl (C=O) groups excluding carboxylic acids is 1. The molecule has 1 fully saturated rings. The number of rotatable bonds is 7. The second-order valence-corrected chi connectivity index (χ2v) is 5.76. The van der Waals surface area contributed by atoms with Crippen LogP contribution in [0.4, 0.5) is 0 Å². The normalized spacial score (nSPS) is 19.4. The van der Waals surface area contributed by atoms with Crippen LogP contribution in [0.1, 0.15) is 42.5 Å². The van der Waals surface area contributed by atoms with E-state index >= 15 is 0 Å². The lowest BCUT2D eigenvalue weighted by molar-refractivity contribution is 0.0959. The van der Waals surface area contributed by atoms with Gasteiger partial charge in [-0.05, 0) is 44.4 Å². The molecule has 20 heavy (non-hydrogen) atoms. The van der Waals surface area contributed by atoms with E-state index in [1.54, 1.807) is 12.1 Å². The molecule has 0 aromatic heterocycles. The molecule has 0 amide bonds. The topological polar surface area (TPSA) is 40.5 Å². The van der Waals surface area contributed by atoms with Crippen molar-refractivity contribution in [2.75, 3.05) is 19.7 Å². The van der Waals surface area contributed by atoms with Gasteiger partial charge in [-0.15, -0.1) is 0 Å². The molecule has 2 rings (SSSR count). The molecule has 1 aromatic rings. The van der Waals surface area contributed by atoms with E-state index in [-0.39, 0.29) is 12.4 Å². The number of ketones is 1. The predicted octanol–water partition coefficient (Wildman–Crippen LogP) is 3.15. The Hall–Kier alpha value is -0.900. The van der Waals surface area contributed by atoms with Gasteiger partial charge in [-0.2, -0.15) is 0 Å². The number of nitrogens with zero attached hydrogens (tertiary/aromatic N) is 1. The molecule has 0 radical (unpaired) electrons. The summed E-state index contributed by atoms with van der Waals surface area (Å²) in [6.07, 6.45) is 4.76. The molecule has 1 N–H and O–H groups in total. The highest BCUT2D eigenvalue weighted by atomic mass is 35.5. The highest BCUT2D eigenvalue weighted by Gasteiger charge is 2.24. The third-order valence-electron chi connectivity index (χ3n) is 3.99. The van der Waals surface area contributed by atoms with Gasteiger partial charge in [0, 0.05) is 31.2 Å². The van der Waals surface area contributed by atoms with Crippen LogP contribution in [0.2, 0.25) is 5.02 Å². The Bertz CT molecular complexity index is 450. The lowest BCUT2D eigenvalue weighted by atomic mass is 10.1. The van der Waals surface area contributed by atoms with E-state index in [1.807, 2.05) is 12.1 Å². The van der Waals surface area contributed by atoms with Crippen LogP contribution in [0.3, 0.4) is 0 Å². The number of likely N-dealkylation sites (tertiary alicyclic amines) is 1. The smallest absolute Gasteiger partial charge is 0.165 e. The number of aliphatic hydroxyl groups excluding tert-OH is 1. The van der Waals surface area contributed by atoms with Crippen molar-refractivity contribution in [1.29, 1.82) is 0 Å². The van der Waals surface area contributed by atoms with E-state index in [9.17, 15) is 4.79 Å². The van der Waals surface area contributed by atoms with Gasteiger partial charge < -0.3 is 5.11 Å². The molecule has 1 aromatic carbocycles. The van der Waals surface area contributed by atoms with E-state index in [1.165, 1.54) is 12.8 Å². The maximum Gasteiger partial charge on any atom is 0.165 e. The molecule has 0 bridgehead atoms. The first-order valence-electron chi connectivity index (χ1n) is 7.35. The summed E-state index contributed by atoms with van der Waals surface area (Å²) < 4.78 is 0. The van der Waals surface area contributed by atoms with Crippen LogP contribution >= 0.6 is 11.6 Å². The third-order valence-corrected chi connectivity index (χ3v) is 4.32. The molecule has 3 nitrogen and oxygen atoms in total. The second kappa shape index (κ2) is 7.77. The highest BCUT2D eigenvalue weighted by molar-refractivity contribution is 6.33. The minimum absolute atomic E-state index is 0.114. The van der Waals surface area contributed by atoms with Gasteiger partial charge in [-0.25, -0.2) is 0 Å². The van der Waals surface area contributed by atoms with E-state index < -0.39 is 0 Å². The van der Waals surface area contributed by atoms with E-state index in [4.69, 9.17) is 16.7 Å². The lowest BCUT2D eigenvalue weighted by Crippen LogP contribution is -2.31. The summed E-state index contributed by atoms with van der Waals surface area (Å²) in [6, 6.07) is 7.76. The highest BCUT2D eigenvalue weighted by Crippen LogP contribution is 2.22. The van der Waals surface area contributed by atoms with Gasteiger partial charge in [-0.1, -0.05) is 23.7 Å². The summed E-state index contributed by atoms with van der Waals surface area (Å²) >= 11 is 6.05. The zero-order chi connectivity index (χ0) is 14.4. The Morgan fingerprint density at radius 1 is 1.40 bits per heavy atom. The molecule has 110 valence electrons. The van der Waals surface area contributed by atoms with Crippen LogP contribution in [-0.2, 0) is 0 Å². The van der Waals surface area contributed by atoms with Crippen molar-refractivity contribution >= 4 is 17.4 Å². The molecule has 0 saturated carbocycles.